The molecule has 3 rings (SSSR count). The van der Waals surface area contributed by atoms with Crippen LogP contribution in [-0.2, 0) is 6.42 Å². The normalized spacial score (nSPS) is 11.6. The zero-order chi connectivity index (χ0) is 18.5. The quantitative estimate of drug-likeness (QED) is 0.468. The van der Waals surface area contributed by atoms with E-state index in [1.165, 1.54) is 16.5 Å². The van der Waals surface area contributed by atoms with Crippen molar-refractivity contribution in [2.75, 3.05) is 26.1 Å². The number of nitrogens with two attached hydrogens (primary N) is 1. The zero-order valence-corrected chi connectivity index (χ0v) is 15.3. The van der Waals surface area contributed by atoms with Gasteiger partial charge in [0.25, 0.3) is 0 Å². The first-order valence-corrected chi connectivity index (χ1v) is 8.47. The Kier molecular flexibility index (Phi) is 5.31. The van der Waals surface area contributed by atoms with Crippen molar-refractivity contribution in [1.82, 2.24) is 4.98 Å². The molecule has 2 aromatic carbocycles. The molecular weight excluding hydrogens is 328 g/mol. The lowest BCUT2D eigenvalue weighted by Crippen LogP contribution is -2.23. The maximum absolute atomic E-state index is 6.01. The van der Waals surface area contributed by atoms with Gasteiger partial charge < -0.3 is 25.5 Å². The third kappa shape index (κ3) is 3.74. The molecule has 0 aliphatic rings. The number of aryl methyl sites for hydroxylation is 1. The predicted octanol–water partition coefficient (Wildman–Crippen LogP) is 3.46. The number of guanidine groups is 1. The number of hydrogen-bond acceptors (Lipinski definition) is 3. The fourth-order valence-corrected chi connectivity index (χ4v) is 3.05. The smallest absolute Gasteiger partial charge is 0.193 e. The first kappa shape index (κ1) is 17.7. The van der Waals surface area contributed by atoms with E-state index in [9.17, 15) is 0 Å². The number of hydrogen-bond donors (Lipinski definition) is 3. The molecule has 136 valence electrons. The second-order valence-electron chi connectivity index (χ2n) is 6.02. The Morgan fingerprint density at radius 3 is 2.73 bits per heavy atom. The molecule has 0 unspecified atom stereocenters. The number of benzene rings is 2. The summed E-state index contributed by atoms with van der Waals surface area (Å²) in [6.45, 7) is 2.73. The average Bonchev–Trinajstić information content (AvgIpc) is 3.06. The molecule has 0 amide bonds. The van der Waals surface area contributed by atoms with Gasteiger partial charge in [-0.3, -0.25) is 4.99 Å². The standard InChI is InChI=1S/C20H24N4O2/c1-13-5-4-6-16-19(13)14(12-23-16)9-10-22-20(21)24-15-7-8-17(25-2)18(11-15)26-3/h4-8,11-12,23H,9-10H2,1-3H3,(H3,21,22,24). The van der Waals surface area contributed by atoms with Crippen LogP contribution in [0.4, 0.5) is 5.69 Å². The van der Waals surface area contributed by atoms with Gasteiger partial charge >= 0.3 is 0 Å². The Hall–Kier alpha value is -3.15. The molecule has 1 heterocycles. The molecular formula is C20H24N4O2. The molecule has 0 saturated heterocycles. The van der Waals surface area contributed by atoms with Gasteiger partial charge in [0.15, 0.2) is 17.5 Å². The third-order valence-corrected chi connectivity index (χ3v) is 4.32. The van der Waals surface area contributed by atoms with Crippen molar-refractivity contribution in [3.63, 3.8) is 0 Å². The number of rotatable bonds is 6. The predicted molar refractivity (Wildman–Crippen MR) is 106 cm³/mol. The highest BCUT2D eigenvalue weighted by Crippen LogP contribution is 2.29. The van der Waals surface area contributed by atoms with Crippen LogP contribution in [0.5, 0.6) is 11.5 Å². The van der Waals surface area contributed by atoms with Crippen molar-refractivity contribution in [2.24, 2.45) is 10.7 Å². The molecule has 3 aromatic rings. The van der Waals surface area contributed by atoms with E-state index in [1.807, 2.05) is 24.4 Å². The number of nitrogens with one attached hydrogen (secondary N) is 2. The fraction of sp³-hybridized carbons (Fsp3) is 0.250. The number of methoxy groups -OCH3 is 2. The lowest BCUT2D eigenvalue weighted by molar-refractivity contribution is 0.355. The molecule has 4 N–H and O–H groups in total. The molecule has 0 bridgehead atoms. The Morgan fingerprint density at radius 1 is 1.15 bits per heavy atom. The first-order valence-electron chi connectivity index (χ1n) is 8.47. The zero-order valence-electron chi connectivity index (χ0n) is 15.3. The molecule has 0 spiro atoms. The van der Waals surface area contributed by atoms with Crippen molar-refractivity contribution in [3.8, 4) is 11.5 Å². The van der Waals surface area contributed by atoms with E-state index in [1.54, 1.807) is 14.2 Å². The van der Waals surface area contributed by atoms with Crippen molar-refractivity contribution in [3.05, 3.63) is 53.7 Å². The second kappa shape index (κ2) is 7.82. The van der Waals surface area contributed by atoms with Crippen molar-refractivity contribution in [1.29, 1.82) is 0 Å². The molecule has 6 nitrogen and oxygen atoms in total. The molecule has 0 atom stereocenters. The number of fused-ring (bicyclic) bond motifs is 1. The summed E-state index contributed by atoms with van der Waals surface area (Å²) < 4.78 is 10.5. The van der Waals surface area contributed by atoms with Gasteiger partial charge in [-0.1, -0.05) is 12.1 Å². The fourth-order valence-electron chi connectivity index (χ4n) is 3.05. The van der Waals surface area contributed by atoms with Crippen molar-refractivity contribution >= 4 is 22.5 Å². The largest absolute Gasteiger partial charge is 0.493 e. The molecule has 0 radical (unpaired) electrons. The van der Waals surface area contributed by atoms with E-state index in [0.717, 1.165) is 17.6 Å². The lowest BCUT2D eigenvalue weighted by Gasteiger charge is -2.11. The van der Waals surface area contributed by atoms with Gasteiger partial charge in [-0.2, -0.15) is 0 Å². The number of aromatic amines is 1. The minimum Gasteiger partial charge on any atom is -0.493 e. The summed E-state index contributed by atoms with van der Waals surface area (Å²) in [5.74, 6) is 1.68. The SMILES string of the molecule is COc1ccc(NC(N)=NCCc2c[nH]c3cccc(C)c23)cc1OC. The molecule has 0 saturated carbocycles. The minimum atomic E-state index is 0.369. The average molecular weight is 352 g/mol. The highest BCUT2D eigenvalue weighted by atomic mass is 16.5. The number of aromatic nitrogens is 1. The van der Waals surface area contributed by atoms with Crippen LogP contribution in [0.15, 0.2) is 47.6 Å². The van der Waals surface area contributed by atoms with Crippen LogP contribution in [0, 0.1) is 6.92 Å². The van der Waals surface area contributed by atoms with Gasteiger partial charge in [-0.05, 0) is 42.7 Å². The van der Waals surface area contributed by atoms with Crippen molar-refractivity contribution < 1.29 is 9.47 Å². The van der Waals surface area contributed by atoms with Crippen LogP contribution in [-0.4, -0.2) is 31.7 Å². The number of ether oxygens (including phenoxy) is 2. The molecule has 0 aliphatic carbocycles. The Labute approximate surface area is 153 Å². The maximum Gasteiger partial charge on any atom is 0.193 e. The van der Waals surface area contributed by atoms with Crippen LogP contribution in [0.3, 0.4) is 0 Å². The summed E-state index contributed by atoms with van der Waals surface area (Å²) in [5.41, 5.74) is 10.5. The summed E-state index contributed by atoms with van der Waals surface area (Å²) >= 11 is 0. The van der Waals surface area contributed by atoms with E-state index >= 15 is 0 Å². The summed E-state index contributed by atoms with van der Waals surface area (Å²) in [6.07, 6.45) is 2.87. The van der Waals surface area contributed by atoms with E-state index in [4.69, 9.17) is 15.2 Å². The van der Waals surface area contributed by atoms with Gasteiger partial charge in [0, 0.05) is 35.4 Å². The molecule has 1 aromatic heterocycles. The Balaban J connectivity index is 1.65. The van der Waals surface area contributed by atoms with E-state index in [-0.39, 0.29) is 0 Å². The Morgan fingerprint density at radius 2 is 1.96 bits per heavy atom. The second-order valence-corrected chi connectivity index (χ2v) is 6.02. The summed E-state index contributed by atoms with van der Waals surface area (Å²) in [7, 11) is 3.20. The number of nitrogens with zero attached hydrogens (tertiary/aromatic N) is 1. The number of H-pyrrole nitrogens is 1. The molecule has 0 aliphatic heterocycles. The van der Waals surface area contributed by atoms with Gasteiger partial charge in [0.2, 0.25) is 0 Å². The Bertz CT molecular complexity index is 931. The summed E-state index contributed by atoms with van der Waals surface area (Å²) in [6, 6.07) is 11.8. The molecule has 26 heavy (non-hydrogen) atoms. The third-order valence-electron chi connectivity index (χ3n) is 4.32. The highest BCUT2D eigenvalue weighted by Gasteiger charge is 2.07. The van der Waals surface area contributed by atoms with E-state index < -0.39 is 0 Å². The molecule has 6 heteroatoms. The number of aliphatic imine (C=N–C) groups is 1. The summed E-state index contributed by atoms with van der Waals surface area (Å²) in [5, 5.41) is 4.35. The van der Waals surface area contributed by atoms with Crippen LogP contribution in [0.2, 0.25) is 0 Å². The minimum absolute atomic E-state index is 0.369. The maximum atomic E-state index is 6.01. The topological polar surface area (TPSA) is 84.7 Å². The monoisotopic (exact) mass is 352 g/mol. The van der Waals surface area contributed by atoms with Crippen molar-refractivity contribution in [2.45, 2.75) is 13.3 Å². The van der Waals surface area contributed by atoms with Crippen LogP contribution >= 0.6 is 0 Å². The number of anilines is 1. The van der Waals surface area contributed by atoms with Crippen LogP contribution in [0.25, 0.3) is 10.9 Å². The van der Waals surface area contributed by atoms with Gasteiger partial charge in [-0.15, -0.1) is 0 Å². The van der Waals surface area contributed by atoms with E-state index in [2.05, 4.69) is 40.4 Å². The molecule has 0 fully saturated rings. The van der Waals surface area contributed by atoms with E-state index in [0.29, 0.717) is 24.0 Å². The summed E-state index contributed by atoms with van der Waals surface area (Å²) in [4.78, 5) is 7.74. The van der Waals surface area contributed by atoms with Crippen LogP contribution < -0.4 is 20.5 Å². The van der Waals surface area contributed by atoms with Gasteiger partial charge in [-0.25, -0.2) is 0 Å². The lowest BCUT2D eigenvalue weighted by atomic mass is 10.1. The highest BCUT2D eigenvalue weighted by molar-refractivity contribution is 5.92. The van der Waals surface area contributed by atoms with Gasteiger partial charge in [0.05, 0.1) is 14.2 Å². The van der Waals surface area contributed by atoms with Gasteiger partial charge in [0.1, 0.15) is 0 Å². The van der Waals surface area contributed by atoms with Crippen LogP contribution in [0.1, 0.15) is 11.1 Å². The first-order chi connectivity index (χ1) is 12.6.